The molecular weight excluding hydrogens is 380 g/mol. The van der Waals surface area contributed by atoms with Crippen LogP contribution >= 0.6 is 27.5 Å². The number of amides is 2. The molecule has 2 amide bonds. The Bertz CT molecular complexity index is 831. The molecule has 0 aromatic heterocycles. The molecule has 3 rings (SSSR count). The Labute approximate surface area is 146 Å². The molecule has 0 saturated carbocycles. The monoisotopic (exact) mass is 390 g/mol. The molecule has 0 saturated heterocycles. The molecule has 0 fully saturated rings. The van der Waals surface area contributed by atoms with E-state index in [1.165, 1.54) is 0 Å². The molecule has 0 unspecified atom stereocenters. The molecule has 4 nitrogen and oxygen atoms in total. The number of imide groups is 1. The molecule has 23 heavy (non-hydrogen) atoms. The predicted octanol–water partition coefficient (Wildman–Crippen LogP) is 4.19. The van der Waals surface area contributed by atoms with Crippen molar-refractivity contribution in [3.8, 4) is 0 Å². The molecule has 2 aromatic carbocycles. The van der Waals surface area contributed by atoms with Gasteiger partial charge in [-0.05, 0) is 48.9 Å². The van der Waals surface area contributed by atoms with Crippen molar-refractivity contribution in [2.45, 2.75) is 6.92 Å². The maximum absolute atomic E-state index is 12.6. The highest BCUT2D eigenvalue weighted by molar-refractivity contribution is 9.10. The van der Waals surface area contributed by atoms with Crippen molar-refractivity contribution in [1.82, 2.24) is 0 Å². The van der Waals surface area contributed by atoms with Crippen molar-refractivity contribution >= 4 is 50.7 Å². The van der Waals surface area contributed by atoms with Gasteiger partial charge in [0.05, 0.1) is 5.69 Å². The molecule has 0 atom stereocenters. The van der Waals surface area contributed by atoms with Crippen LogP contribution in [0.1, 0.15) is 5.56 Å². The van der Waals surface area contributed by atoms with Crippen molar-refractivity contribution in [2.75, 3.05) is 10.2 Å². The normalized spacial score (nSPS) is 14.7. The molecular formula is C17H12BrClN2O2. The smallest absolute Gasteiger partial charge is 0.283 e. The Morgan fingerprint density at radius 2 is 1.74 bits per heavy atom. The van der Waals surface area contributed by atoms with Crippen LogP contribution in [0.15, 0.2) is 63.7 Å². The molecule has 0 radical (unpaired) electrons. The number of hydrogen-bond donors (Lipinski definition) is 1. The summed E-state index contributed by atoms with van der Waals surface area (Å²) < 4.78 is 0.915. The number of aryl methyl sites for hydroxylation is 1. The first-order valence-electron chi connectivity index (χ1n) is 6.85. The van der Waals surface area contributed by atoms with Gasteiger partial charge in [-0.15, -0.1) is 0 Å². The third-order valence-corrected chi connectivity index (χ3v) is 4.28. The number of rotatable bonds is 3. The second-order valence-corrected chi connectivity index (χ2v) is 6.40. The second kappa shape index (κ2) is 6.18. The van der Waals surface area contributed by atoms with E-state index in [0.29, 0.717) is 11.4 Å². The van der Waals surface area contributed by atoms with E-state index in [1.807, 2.05) is 25.1 Å². The fourth-order valence-electron chi connectivity index (χ4n) is 2.29. The van der Waals surface area contributed by atoms with Crippen molar-refractivity contribution in [2.24, 2.45) is 0 Å². The van der Waals surface area contributed by atoms with Gasteiger partial charge in [0.15, 0.2) is 0 Å². The highest BCUT2D eigenvalue weighted by atomic mass is 79.9. The van der Waals surface area contributed by atoms with Crippen LogP contribution in [-0.4, -0.2) is 11.8 Å². The highest BCUT2D eigenvalue weighted by Gasteiger charge is 2.38. The van der Waals surface area contributed by atoms with E-state index >= 15 is 0 Å². The lowest BCUT2D eigenvalue weighted by Gasteiger charge is -2.15. The van der Waals surface area contributed by atoms with Gasteiger partial charge in [0, 0.05) is 10.2 Å². The Morgan fingerprint density at radius 3 is 2.39 bits per heavy atom. The Balaban J connectivity index is 1.91. The van der Waals surface area contributed by atoms with Crippen LogP contribution in [0.5, 0.6) is 0 Å². The number of nitrogens with zero attached hydrogens (tertiary/aromatic N) is 1. The van der Waals surface area contributed by atoms with Gasteiger partial charge in [0.25, 0.3) is 11.8 Å². The third-order valence-electron chi connectivity index (χ3n) is 3.40. The number of halogens is 2. The van der Waals surface area contributed by atoms with Crippen LogP contribution in [-0.2, 0) is 9.59 Å². The summed E-state index contributed by atoms with van der Waals surface area (Å²) in [5, 5.41) is 2.82. The van der Waals surface area contributed by atoms with Gasteiger partial charge in [-0.1, -0.05) is 39.7 Å². The van der Waals surface area contributed by atoms with E-state index in [-0.39, 0.29) is 10.7 Å². The Morgan fingerprint density at radius 1 is 1.04 bits per heavy atom. The topological polar surface area (TPSA) is 49.4 Å². The number of carbonyl (C=O) groups excluding carboxylic acids is 2. The predicted molar refractivity (Wildman–Crippen MR) is 94.3 cm³/mol. The molecule has 6 heteroatoms. The SMILES string of the molecule is Cc1cccc(N2C(=O)C(Cl)=C(Nc3ccc(Br)cc3)C2=O)c1. The molecule has 1 N–H and O–H groups in total. The fourth-order valence-corrected chi connectivity index (χ4v) is 2.77. The first-order chi connectivity index (χ1) is 11.0. The summed E-state index contributed by atoms with van der Waals surface area (Å²) in [4.78, 5) is 26.0. The van der Waals surface area contributed by atoms with Crippen molar-refractivity contribution in [3.63, 3.8) is 0 Å². The molecule has 0 bridgehead atoms. The number of anilines is 2. The van der Waals surface area contributed by atoms with Gasteiger partial charge in [0.1, 0.15) is 10.7 Å². The summed E-state index contributed by atoms with van der Waals surface area (Å²) in [6.45, 7) is 1.89. The van der Waals surface area contributed by atoms with Gasteiger partial charge in [-0.2, -0.15) is 0 Å². The van der Waals surface area contributed by atoms with Crippen molar-refractivity contribution < 1.29 is 9.59 Å². The minimum atomic E-state index is -0.526. The van der Waals surface area contributed by atoms with Crippen LogP contribution in [0, 0.1) is 6.92 Å². The first kappa shape index (κ1) is 15.8. The summed E-state index contributed by atoms with van der Waals surface area (Å²) >= 11 is 9.43. The zero-order valence-electron chi connectivity index (χ0n) is 12.1. The minimum absolute atomic E-state index is 0.0838. The molecule has 0 spiro atoms. The zero-order chi connectivity index (χ0) is 16.6. The van der Waals surface area contributed by atoms with Crippen LogP contribution in [0.4, 0.5) is 11.4 Å². The highest BCUT2D eigenvalue weighted by Crippen LogP contribution is 2.30. The van der Waals surface area contributed by atoms with E-state index in [4.69, 9.17) is 11.6 Å². The van der Waals surface area contributed by atoms with E-state index in [1.54, 1.807) is 30.3 Å². The van der Waals surface area contributed by atoms with Crippen LogP contribution in [0.3, 0.4) is 0 Å². The summed E-state index contributed by atoms with van der Waals surface area (Å²) in [6, 6.07) is 14.4. The van der Waals surface area contributed by atoms with E-state index in [9.17, 15) is 9.59 Å². The lowest BCUT2D eigenvalue weighted by Crippen LogP contribution is -2.32. The van der Waals surface area contributed by atoms with E-state index in [2.05, 4.69) is 21.2 Å². The molecule has 1 aliphatic heterocycles. The molecule has 0 aliphatic carbocycles. The van der Waals surface area contributed by atoms with Crippen molar-refractivity contribution in [3.05, 3.63) is 69.3 Å². The average Bonchev–Trinajstić information content (AvgIpc) is 2.73. The summed E-state index contributed by atoms with van der Waals surface area (Å²) in [7, 11) is 0. The van der Waals surface area contributed by atoms with E-state index in [0.717, 1.165) is 14.9 Å². The number of carbonyl (C=O) groups is 2. The molecule has 1 aliphatic rings. The van der Waals surface area contributed by atoms with Crippen molar-refractivity contribution in [1.29, 1.82) is 0 Å². The standard InChI is InChI=1S/C17H12BrClN2O2/c1-10-3-2-4-13(9-10)21-16(22)14(19)15(17(21)23)20-12-7-5-11(18)6-8-12/h2-9,20H,1H3. The zero-order valence-corrected chi connectivity index (χ0v) is 14.5. The molecule has 1 heterocycles. The average molecular weight is 392 g/mol. The number of hydrogen-bond acceptors (Lipinski definition) is 3. The van der Waals surface area contributed by atoms with Gasteiger partial charge >= 0.3 is 0 Å². The summed E-state index contributed by atoms with van der Waals surface area (Å²) in [5.41, 5.74) is 2.22. The van der Waals surface area contributed by atoms with Crippen LogP contribution < -0.4 is 10.2 Å². The summed E-state index contributed by atoms with van der Waals surface area (Å²) in [5.74, 6) is -0.990. The van der Waals surface area contributed by atoms with Gasteiger partial charge in [0.2, 0.25) is 0 Å². The van der Waals surface area contributed by atoms with Gasteiger partial charge in [-0.25, -0.2) is 4.90 Å². The second-order valence-electron chi connectivity index (χ2n) is 5.11. The summed E-state index contributed by atoms with van der Waals surface area (Å²) in [6.07, 6.45) is 0. The van der Waals surface area contributed by atoms with Gasteiger partial charge in [-0.3, -0.25) is 9.59 Å². The first-order valence-corrected chi connectivity index (χ1v) is 8.02. The van der Waals surface area contributed by atoms with E-state index < -0.39 is 11.8 Å². The largest absolute Gasteiger partial charge is 0.350 e. The maximum Gasteiger partial charge on any atom is 0.283 e. The lowest BCUT2D eigenvalue weighted by molar-refractivity contribution is -0.120. The van der Waals surface area contributed by atoms with Gasteiger partial charge < -0.3 is 5.32 Å². The fraction of sp³-hybridized carbons (Fsp3) is 0.0588. The number of benzene rings is 2. The third kappa shape index (κ3) is 3.02. The minimum Gasteiger partial charge on any atom is -0.350 e. The Hall–Kier alpha value is -2.11. The lowest BCUT2D eigenvalue weighted by atomic mass is 10.2. The number of nitrogens with one attached hydrogen (secondary N) is 1. The molecule has 116 valence electrons. The van der Waals surface area contributed by atoms with Crippen LogP contribution in [0.2, 0.25) is 0 Å². The molecule has 2 aromatic rings. The quantitative estimate of drug-likeness (QED) is 0.798. The Kier molecular flexibility index (Phi) is 4.24. The van der Waals surface area contributed by atoms with Crippen LogP contribution in [0.25, 0.3) is 0 Å². The maximum atomic E-state index is 12.6.